The molecule has 0 spiro atoms. The van der Waals surface area contributed by atoms with Crippen LogP contribution in [0.15, 0.2) is 24.3 Å². The number of hydrogen-bond donors (Lipinski definition) is 2. The summed E-state index contributed by atoms with van der Waals surface area (Å²) < 4.78 is 10.7. The summed E-state index contributed by atoms with van der Waals surface area (Å²) in [6.45, 7) is 7.07. The Balaban J connectivity index is 2.15. The van der Waals surface area contributed by atoms with Crippen LogP contribution in [0.25, 0.3) is 0 Å². The first-order valence-corrected chi connectivity index (χ1v) is 7.16. The molecule has 1 rings (SSSR count). The second kappa shape index (κ2) is 8.82. The Morgan fingerprint density at radius 1 is 1.15 bits per heavy atom. The molecular formula is C16H27NO3. The van der Waals surface area contributed by atoms with Gasteiger partial charge in [-0.25, -0.2) is 0 Å². The van der Waals surface area contributed by atoms with E-state index < -0.39 is 0 Å². The Bertz CT molecular complexity index is 362. The summed E-state index contributed by atoms with van der Waals surface area (Å²) in [6, 6.07) is 7.59. The quantitative estimate of drug-likeness (QED) is 0.647. The van der Waals surface area contributed by atoms with Gasteiger partial charge in [0.25, 0.3) is 0 Å². The van der Waals surface area contributed by atoms with E-state index in [1.54, 1.807) is 7.11 Å². The predicted octanol–water partition coefficient (Wildman–Crippen LogP) is 2.46. The number of rotatable bonds is 10. The summed E-state index contributed by atoms with van der Waals surface area (Å²) in [4.78, 5) is 0. The first-order valence-electron chi connectivity index (χ1n) is 7.16. The van der Waals surface area contributed by atoms with Crippen molar-refractivity contribution in [1.82, 2.24) is 5.32 Å². The van der Waals surface area contributed by atoms with Gasteiger partial charge in [0.05, 0.1) is 7.11 Å². The van der Waals surface area contributed by atoms with E-state index >= 15 is 0 Å². The maximum Gasteiger partial charge on any atom is 0.119 e. The summed E-state index contributed by atoms with van der Waals surface area (Å²) in [6.07, 6.45) is 1.88. The normalized spacial score (nSPS) is 11.4. The maximum atomic E-state index is 8.85. The van der Waals surface area contributed by atoms with Crippen LogP contribution in [0.4, 0.5) is 0 Å². The highest BCUT2D eigenvalue weighted by Gasteiger charge is 2.16. The fraction of sp³-hybridized carbons (Fsp3) is 0.625. The molecule has 0 aliphatic rings. The second-order valence-electron chi connectivity index (χ2n) is 5.69. The van der Waals surface area contributed by atoms with Crippen LogP contribution < -0.4 is 14.8 Å². The third kappa shape index (κ3) is 6.78. The number of methoxy groups -OCH3 is 1. The molecule has 0 heterocycles. The largest absolute Gasteiger partial charge is 0.497 e. The zero-order chi connectivity index (χ0) is 14.8. The van der Waals surface area contributed by atoms with Crippen molar-refractivity contribution in [2.75, 3.05) is 33.4 Å². The monoisotopic (exact) mass is 281 g/mol. The minimum absolute atomic E-state index is 0.211. The van der Waals surface area contributed by atoms with Crippen LogP contribution >= 0.6 is 0 Å². The van der Waals surface area contributed by atoms with Crippen LogP contribution in [-0.4, -0.2) is 38.5 Å². The molecule has 4 nitrogen and oxygen atoms in total. The Morgan fingerprint density at radius 2 is 1.80 bits per heavy atom. The molecule has 0 unspecified atom stereocenters. The van der Waals surface area contributed by atoms with Crippen molar-refractivity contribution < 1.29 is 14.6 Å². The average Bonchev–Trinajstić information content (AvgIpc) is 2.45. The van der Waals surface area contributed by atoms with Crippen molar-refractivity contribution in [2.45, 2.75) is 26.7 Å². The highest BCUT2D eigenvalue weighted by atomic mass is 16.5. The lowest BCUT2D eigenvalue weighted by atomic mass is 9.88. The summed E-state index contributed by atoms with van der Waals surface area (Å²) in [5.74, 6) is 1.69. The molecule has 0 aliphatic heterocycles. The predicted molar refractivity (Wildman–Crippen MR) is 81.5 cm³/mol. The molecule has 0 saturated heterocycles. The highest BCUT2D eigenvalue weighted by molar-refractivity contribution is 5.31. The van der Waals surface area contributed by atoms with E-state index in [9.17, 15) is 0 Å². The molecule has 2 N–H and O–H groups in total. The summed E-state index contributed by atoms with van der Waals surface area (Å²) in [7, 11) is 1.65. The summed E-state index contributed by atoms with van der Waals surface area (Å²) in [5, 5.41) is 12.2. The molecule has 0 atom stereocenters. The standard InChI is InChI=1S/C16H27NO3/c1-16(2,9-4-11-18)13-17-10-12-20-15-7-5-14(19-3)6-8-15/h5-8,17-18H,4,9-13H2,1-3H3. The van der Waals surface area contributed by atoms with Crippen LogP contribution in [0.2, 0.25) is 0 Å². The van der Waals surface area contributed by atoms with Gasteiger partial charge in [0.1, 0.15) is 18.1 Å². The van der Waals surface area contributed by atoms with Crippen LogP contribution in [0, 0.1) is 5.41 Å². The topological polar surface area (TPSA) is 50.7 Å². The van der Waals surface area contributed by atoms with Gasteiger partial charge in [-0.15, -0.1) is 0 Å². The molecule has 114 valence electrons. The molecule has 0 radical (unpaired) electrons. The molecule has 0 aromatic heterocycles. The summed E-state index contributed by atoms with van der Waals surface area (Å²) in [5.41, 5.74) is 0.211. The van der Waals surface area contributed by atoms with Gasteiger partial charge in [0.15, 0.2) is 0 Å². The molecular weight excluding hydrogens is 254 g/mol. The minimum atomic E-state index is 0.211. The third-order valence-corrected chi connectivity index (χ3v) is 3.22. The number of benzene rings is 1. The van der Waals surface area contributed by atoms with Gasteiger partial charge in [-0.2, -0.15) is 0 Å². The lowest BCUT2D eigenvalue weighted by Gasteiger charge is -2.24. The van der Waals surface area contributed by atoms with E-state index in [1.165, 1.54) is 0 Å². The van der Waals surface area contributed by atoms with Crippen molar-refractivity contribution in [3.63, 3.8) is 0 Å². The van der Waals surface area contributed by atoms with E-state index in [1.807, 2.05) is 24.3 Å². The first-order chi connectivity index (χ1) is 9.57. The zero-order valence-electron chi connectivity index (χ0n) is 12.8. The van der Waals surface area contributed by atoms with Crippen molar-refractivity contribution in [3.8, 4) is 11.5 Å². The molecule has 0 saturated carbocycles. The lowest BCUT2D eigenvalue weighted by Crippen LogP contribution is -2.32. The Labute approximate surface area is 122 Å². The number of nitrogens with one attached hydrogen (secondary N) is 1. The highest BCUT2D eigenvalue weighted by Crippen LogP contribution is 2.20. The maximum absolute atomic E-state index is 8.85. The van der Waals surface area contributed by atoms with Gasteiger partial charge in [-0.1, -0.05) is 13.8 Å². The molecule has 0 amide bonds. The van der Waals surface area contributed by atoms with Gasteiger partial charge < -0.3 is 19.9 Å². The van der Waals surface area contributed by atoms with E-state index in [0.717, 1.165) is 37.4 Å². The first kappa shape index (κ1) is 16.8. The van der Waals surface area contributed by atoms with Crippen molar-refractivity contribution in [1.29, 1.82) is 0 Å². The van der Waals surface area contributed by atoms with Crippen LogP contribution in [0.5, 0.6) is 11.5 Å². The van der Waals surface area contributed by atoms with Gasteiger partial charge in [0.2, 0.25) is 0 Å². The molecule has 1 aromatic carbocycles. The van der Waals surface area contributed by atoms with Crippen LogP contribution in [-0.2, 0) is 0 Å². The molecule has 0 aliphatic carbocycles. The van der Waals surface area contributed by atoms with E-state index in [2.05, 4.69) is 19.2 Å². The SMILES string of the molecule is COc1ccc(OCCNCC(C)(C)CCCO)cc1. The van der Waals surface area contributed by atoms with Crippen LogP contribution in [0.3, 0.4) is 0 Å². The van der Waals surface area contributed by atoms with E-state index in [0.29, 0.717) is 6.61 Å². The molecule has 1 aromatic rings. The fourth-order valence-electron chi connectivity index (χ4n) is 1.99. The third-order valence-electron chi connectivity index (χ3n) is 3.22. The van der Waals surface area contributed by atoms with Gasteiger partial charge in [-0.3, -0.25) is 0 Å². The van der Waals surface area contributed by atoms with Crippen molar-refractivity contribution in [2.24, 2.45) is 5.41 Å². The zero-order valence-corrected chi connectivity index (χ0v) is 12.8. The van der Waals surface area contributed by atoms with Gasteiger partial charge >= 0.3 is 0 Å². The van der Waals surface area contributed by atoms with Crippen molar-refractivity contribution >= 4 is 0 Å². The fourth-order valence-corrected chi connectivity index (χ4v) is 1.99. The van der Waals surface area contributed by atoms with Crippen molar-refractivity contribution in [3.05, 3.63) is 24.3 Å². The summed E-state index contributed by atoms with van der Waals surface area (Å²) >= 11 is 0. The second-order valence-corrected chi connectivity index (χ2v) is 5.69. The number of hydrogen-bond acceptors (Lipinski definition) is 4. The Kier molecular flexibility index (Phi) is 7.41. The van der Waals surface area contributed by atoms with Gasteiger partial charge in [-0.05, 0) is 42.5 Å². The number of aliphatic hydroxyl groups excluding tert-OH is 1. The Morgan fingerprint density at radius 3 is 2.40 bits per heavy atom. The smallest absolute Gasteiger partial charge is 0.119 e. The molecule has 0 fully saturated rings. The molecule has 4 heteroatoms. The molecule has 20 heavy (non-hydrogen) atoms. The molecule has 0 bridgehead atoms. The minimum Gasteiger partial charge on any atom is -0.497 e. The van der Waals surface area contributed by atoms with Crippen LogP contribution in [0.1, 0.15) is 26.7 Å². The van der Waals surface area contributed by atoms with Gasteiger partial charge in [0, 0.05) is 19.7 Å². The average molecular weight is 281 g/mol. The number of aliphatic hydroxyl groups is 1. The van der Waals surface area contributed by atoms with E-state index in [-0.39, 0.29) is 12.0 Å². The number of ether oxygens (including phenoxy) is 2. The Hall–Kier alpha value is -1.26. The lowest BCUT2D eigenvalue weighted by molar-refractivity contribution is 0.231. The van der Waals surface area contributed by atoms with E-state index in [4.69, 9.17) is 14.6 Å².